The van der Waals surface area contributed by atoms with Gasteiger partial charge < -0.3 is 15.6 Å². The minimum atomic E-state index is -0.561. The first-order chi connectivity index (χ1) is 12.4. The van der Waals surface area contributed by atoms with Crippen LogP contribution in [-0.4, -0.2) is 21.4 Å². The standard InChI is InChI=1S/C20H22N4O2/c1-12(2)24-17-10-5-4-9-16(17)23-19(24)13(3)22-20(26)15-8-6-7-14(11-15)18(21)25/h4-13H,1-3H3,(H2,21,25)(H,22,26). The van der Waals surface area contributed by atoms with Gasteiger partial charge in [-0.25, -0.2) is 4.98 Å². The molecular weight excluding hydrogens is 328 g/mol. The van der Waals surface area contributed by atoms with E-state index in [1.165, 1.54) is 6.07 Å². The quantitative estimate of drug-likeness (QED) is 0.740. The molecule has 6 nitrogen and oxygen atoms in total. The van der Waals surface area contributed by atoms with Crippen LogP contribution in [0, 0.1) is 0 Å². The summed E-state index contributed by atoms with van der Waals surface area (Å²) in [7, 11) is 0. The van der Waals surface area contributed by atoms with E-state index >= 15 is 0 Å². The number of fused-ring (bicyclic) bond motifs is 1. The molecule has 3 aromatic rings. The molecule has 0 fully saturated rings. The van der Waals surface area contributed by atoms with Crippen molar-refractivity contribution in [2.75, 3.05) is 0 Å². The van der Waals surface area contributed by atoms with Gasteiger partial charge in [0, 0.05) is 17.2 Å². The molecule has 1 unspecified atom stereocenters. The van der Waals surface area contributed by atoms with Crippen LogP contribution in [0.2, 0.25) is 0 Å². The van der Waals surface area contributed by atoms with Crippen molar-refractivity contribution >= 4 is 22.8 Å². The highest BCUT2D eigenvalue weighted by Crippen LogP contribution is 2.25. The van der Waals surface area contributed by atoms with Gasteiger partial charge in [-0.2, -0.15) is 0 Å². The van der Waals surface area contributed by atoms with Gasteiger partial charge in [-0.3, -0.25) is 9.59 Å². The Kier molecular flexibility index (Phi) is 4.75. The fourth-order valence-corrected chi connectivity index (χ4v) is 3.07. The monoisotopic (exact) mass is 350 g/mol. The number of rotatable bonds is 5. The molecule has 0 saturated carbocycles. The van der Waals surface area contributed by atoms with Gasteiger partial charge in [-0.1, -0.05) is 18.2 Å². The van der Waals surface area contributed by atoms with Crippen molar-refractivity contribution in [2.45, 2.75) is 32.9 Å². The first kappa shape index (κ1) is 17.7. The summed E-state index contributed by atoms with van der Waals surface area (Å²) >= 11 is 0. The molecule has 3 rings (SSSR count). The molecule has 6 heteroatoms. The number of imidazole rings is 1. The minimum Gasteiger partial charge on any atom is -0.366 e. The summed E-state index contributed by atoms with van der Waals surface area (Å²) in [5, 5.41) is 2.96. The van der Waals surface area contributed by atoms with Crippen LogP contribution in [0.5, 0.6) is 0 Å². The van der Waals surface area contributed by atoms with E-state index in [9.17, 15) is 9.59 Å². The molecule has 1 atom stereocenters. The summed E-state index contributed by atoms with van der Waals surface area (Å²) in [4.78, 5) is 28.6. The van der Waals surface area contributed by atoms with Gasteiger partial charge in [0.15, 0.2) is 0 Å². The van der Waals surface area contributed by atoms with Crippen LogP contribution >= 0.6 is 0 Å². The highest BCUT2D eigenvalue weighted by Gasteiger charge is 2.20. The molecule has 134 valence electrons. The highest BCUT2D eigenvalue weighted by atomic mass is 16.2. The van der Waals surface area contributed by atoms with E-state index in [0.29, 0.717) is 11.1 Å². The Morgan fingerprint density at radius 3 is 2.42 bits per heavy atom. The molecule has 26 heavy (non-hydrogen) atoms. The van der Waals surface area contributed by atoms with E-state index in [-0.39, 0.29) is 18.0 Å². The first-order valence-corrected chi connectivity index (χ1v) is 8.56. The molecule has 2 aromatic carbocycles. The normalized spacial score (nSPS) is 12.3. The predicted octanol–water partition coefficient (Wildman–Crippen LogP) is 3.21. The third-order valence-corrected chi connectivity index (χ3v) is 4.28. The van der Waals surface area contributed by atoms with Gasteiger partial charge in [0.1, 0.15) is 5.82 Å². The fourth-order valence-electron chi connectivity index (χ4n) is 3.07. The average Bonchev–Trinajstić information content (AvgIpc) is 3.01. The van der Waals surface area contributed by atoms with Crippen molar-refractivity contribution < 1.29 is 9.59 Å². The molecule has 1 heterocycles. The number of hydrogen-bond acceptors (Lipinski definition) is 3. The van der Waals surface area contributed by atoms with Crippen molar-refractivity contribution in [2.24, 2.45) is 5.73 Å². The van der Waals surface area contributed by atoms with Crippen LogP contribution in [0.4, 0.5) is 0 Å². The Bertz CT molecular complexity index is 975. The van der Waals surface area contributed by atoms with Gasteiger partial charge in [-0.15, -0.1) is 0 Å². The Labute approximate surface area is 152 Å². The van der Waals surface area contributed by atoms with E-state index in [0.717, 1.165) is 16.9 Å². The third-order valence-electron chi connectivity index (χ3n) is 4.28. The number of para-hydroxylation sites is 2. The first-order valence-electron chi connectivity index (χ1n) is 8.56. The van der Waals surface area contributed by atoms with Crippen LogP contribution in [-0.2, 0) is 0 Å². The zero-order valence-electron chi connectivity index (χ0n) is 15.1. The molecule has 0 aliphatic carbocycles. The Morgan fingerprint density at radius 1 is 1.04 bits per heavy atom. The lowest BCUT2D eigenvalue weighted by atomic mass is 10.1. The number of nitrogens with two attached hydrogens (primary N) is 1. The molecule has 0 bridgehead atoms. The maximum absolute atomic E-state index is 12.6. The summed E-state index contributed by atoms with van der Waals surface area (Å²) in [5.74, 6) is -0.0436. The second-order valence-corrected chi connectivity index (χ2v) is 6.56. The predicted molar refractivity (Wildman–Crippen MR) is 101 cm³/mol. The largest absolute Gasteiger partial charge is 0.366 e. The molecule has 0 radical (unpaired) electrons. The number of carbonyl (C=O) groups is 2. The van der Waals surface area contributed by atoms with Crippen LogP contribution < -0.4 is 11.1 Å². The van der Waals surface area contributed by atoms with Crippen molar-refractivity contribution in [1.82, 2.24) is 14.9 Å². The Morgan fingerprint density at radius 2 is 1.73 bits per heavy atom. The minimum absolute atomic E-state index is 0.204. The molecule has 1 aromatic heterocycles. The van der Waals surface area contributed by atoms with Gasteiger partial charge in [0.05, 0.1) is 17.1 Å². The number of benzene rings is 2. The summed E-state index contributed by atoms with van der Waals surface area (Å²) in [6, 6.07) is 14.2. The third kappa shape index (κ3) is 3.31. The second kappa shape index (κ2) is 7.00. The molecule has 3 N–H and O–H groups in total. The van der Waals surface area contributed by atoms with Gasteiger partial charge >= 0.3 is 0 Å². The van der Waals surface area contributed by atoms with E-state index in [1.807, 2.05) is 31.2 Å². The van der Waals surface area contributed by atoms with Gasteiger partial charge in [-0.05, 0) is 51.1 Å². The number of carbonyl (C=O) groups excluding carboxylic acids is 2. The van der Waals surface area contributed by atoms with Crippen molar-refractivity contribution in [3.63, 3.8) is 0 Å². The van der Waals surface area contributed by atoms with E-state index in [2.05, 4.69) is 23.7 Å². The van der Waals surface area contributed by atoms with Crippen LogP contribution in [0.3, 0.4) is 0 Å². The number of amides is 2. The molecular formula is C20H22N4O2. The van der Waals surface area contributed by atoms with Crippen molar-refractivity contribution in [1.29, 1.82) is 0 Å². The van der Waals surface area contributed by atoms with Crippen LogP contribution in [0.1, 0.15) is 59.4 Å². The SMILES string of the molecule is CC(NC(=O)c1cccc(C(N)=O)c1)c1nc2ccccc2n1C(C)C. The van der Waals surface area contributed by atoms with Crippen molar-refractivity contribution in [3.05, 3.63) is 65.5 Å². The number of aromatic nitrogens is 2. The van der Waals surface area contributed by atoms with Gasteiger partial charge in [0.2, 0.25) is 5.91 Å². The summed E-state index contributed by atoms with van der Waals surface area (Å²) in [5.41, 5.74) is 7.91. The Hall–Kier alpha value is -3.15. The van der Waals surface area contributed by atoms with Crippen LogP contribution in [0.25, 0.3) is 11.0 Å². The average molecular weight is 350 g/mol. The zero-order chi connectivity index (χ0) is 18.8. The summed E-state index contributed by atoms with van der Waals surface area (Å²) < 4.78 is 2.13. The van der Waals surface area contributed by atoms with Crippen molar-refractivity contribution in [3.8, 4) is 0 Å². The lowest BCUT2D eigenvalue weighted by Crippen LogP contribution is -2.29. The fraction of sp³-hybridized carbons (Fsp3) is 0.250. The van der Waals surface area contributed by atoms with Crippen LogP contribution in [0.15, 0.2) is 48.5 Å². The summed E-state index contributed by atoms with van der Waals surface area (Å²) in [6.07, 6.45) is 0. The molecule has 0 saturated heterocycles. The lowest BCUT2D eigenvalue weighted by Gasteiger charge is -2.19. The summed E-state index contributed by atoms with van der Waals surface area (Å²) in [6.45, 7) is 6.07. The lowest BCUT2D eigenvalue weighted by molar-refractivity contribution is 0.0937. The molecule has 0 aliphatic heterocycles. The Balaban J connectivity index is 1.90. The smallest absolute Gasteiger partial charge is 0.251 e. The van der Waals surface area contributed by atoms with E-state index in [4.69, 9.17) is 10.7 Å². The number of nitrogens with zero attached hydrogens (tertiary/aromatic N) is 2. The van der Waals surface area contributed by atoms with E-state index in [1.54, 1.807) is 18.2 Å². The van der Waals surface area contributed by atoms with E-state index < -0.39 is 5.91 Å². The van der Waals surface area contributed by atoms with Gasteiger partial charge in [0.25, 0.3) is 5.91 Å². The maximum Gasteiger partial charge on any atom is 0.251 e. The molecule has 0 aliphatic rings. The number of nitrogens with one attached hydrogen (secondary N) is 1. The molecule has 2 amide bonds. The number of hydrogen-bond donors (Lipinski definition) is 2. The topological polar surface area (TPSA) is 90.0 Å². The maximum atomic E-state index is 12.6. The molecule has 0 spiro atoms. The highest BCUT2D eigenvalue weighted by molar-refractivity contribution is 5.99. The second-order valence-electron chi connectivity index (χ2n) is 6.56. The number of primary amides is 1. The zero-order valence-corrected chi connectivity index (χ0v) is 15.1.